The number of aromatic amines is 2. The minimum atomic E-state index is -0.631. The molecule has 0 saturated carbocycles. The molecule has 1 aromatic rings. The van der Waals surface area contributed by atoms with Gasteiger partial charge in [0.1, 0.15) is 0 Å². The summed E-state index contributed by atoms with van der Waals surface area (Å²) in [5, 5.41) is 5.85. The summed E-state index contributed by atoms with van der Waals surface area (Å²) in [5.41, 5.74) is 4.26. The van der Waals surface area contributed by atoms with Gasteiger partial charge in [-0.1, -0.05) is 0 Å². The van der Waals surface area contributed by atoms with Crippen LogP contribution in [0.5, 0.6) is 0 Å². The summed E-state index contributed by atoms with van der Waals surface area (Å²) >= 11 is 0. The van der Waals surface area contributed by atoms with E-state index in [1.54, 1.807) is 12.0 Å². The third kappa shape index (κ3) is 3.17. The van der Waals surface area contributed by atoms with Crippen LogP contribution in [0.2, 0.25) is 0 Å². The van der Waals surface area contributed by atoms with E-state index in [0.29, 0.717) is 26.2 Å². The number of nitrogens with one attached hydrogen (secondary N) is 2. The fraction of sp³-hybridized carbons (Fsp3) is 0.625. The number of nitrogens with two attached hydrogens (primary N) is 1. The normalized spacial score (nSPS) is 10.4. The van der Waals surface area contributed by atoms with E-state index in [2.05, 4.69) is 15.2 Å². The van der Waals surface area contributed by atoms with Crippen molar-refractivity contribution in [2.45, 2.75) is 0 Å². The molecular weight excluding hydrogens is 214 g/mol. The molecule has 0 aliphatic heterocycles. The highest BCUT2D eigenvalue weighted by Gasteiger charge is 2.11. The highest BCUT2D eigenvalue weighted by atomic mass is 16.5. The molecule has 0 spiro atoms. The number of H-pyrrole nitrogens is 2. The van der Waals surface area contributed by atoms with Crippen LogP contribution in [0.15, 0.2) is 9.59 Å². The molecule has 0 bridgehead atoms. The zero-order chi connectivity index (χ0) is 12.0. The Kier molecular flexibility index (Phi) is 4.67. The lowest BCUT2D eigenvalue weighted by Crippen LogP contribution is -2.39. The molecule has 0 amide bonds. The average molecular weight is 229 g/mol. The predicted octanol–water partition coefficient (Wildman–Crippen LogP) is -2.13. The van der Waals surface area contributed by atoms with Gasteiger partial charge in [-0.25, -0.2) is 9.89 Å². The molecule has 0 aliphatic rings. The van der Waals surface area contributed by atoms with Crippen molar-refractivity contribution in [2.24, 2.45) is 5.73 Å². The Balaban J connectivity index is 2.91. The topological polar surface area (TPSA) is 117 Å². The summed E-state index contributed by atoms with van der Waals surface area (Å²) in [4.78, 5) is 26.0. The monoisotopic (exact) mass is 229 g/mol. The van der Waals surface area contributed by atoms with Crippen LogP contribution in [0.4, 0.5) is 5.82 Å². The number of nitrogens with zero attached hydrogens (tertiary/aromatic N) is 2. The van der Waals surface area contributed by atoms with Crippen molar-refractivity contribution in [3.05, 3.63) is 20.8 Å². The first-order chi connectivity index (χ1) is 7.69. The fourth-order valence-corrected chi connectivity index (χ4v) is 1.24. The Morgan fingerprint density at radius 3 is 2.75 bits per heavy atom. The van der Waals surface area contributed by atoms with Crippen LogP contribution in [0.25, 0.3) is 0 Å². The minimum Gasteiger partial charge on any atom is -0.383 e. The summed E-state index contributed by atoms with van der Waals surface area (Å²) in [6.07, 6.45) is 0. The molecule has 0 fully saturated rings. The summed E-state index contributed by atoms with van der Waals surface area (Å²) in [6.45, 7) is 1.77. The van der Waals surface area contributed by atoms with Gasteiger partial charge in [0.25, 0.3) is 5.56 Å². The zero-order valence-corrected chi connectivity index (χ0v) is 9.02. The van der Waals surface area contributed by atoms with Crippen LogP contribution in [0.1, 0.15) is 0 Å². The fourth-order valence-electron chi connectivity index (χ4n) is 1.24. The molecule has 0 unspecified atom stereocenters. The molecule has 1 aromatic heterocycles. The first kappa shape index (κ1) is 12.4. The lowest BCUT2D eigenvalue weighted by molar-refractivity contribution is 0.205. The molecule has 0 aromatic carbocycles. The molecule has 0 aliphatic carbocycles. The molecule has 8 nitrogen and oxygen atoms in total. The second-order valence-electron chi connectivity index (χ2n) is 3.10. The van der Waals surface area contributed by atoms with Gasteiger partial charge < -0.3 is 15.4 Å². The van der Waals surface area contributed by atoms with Gasteiger partial charge in [-0.3, -0.25) is 9.78 Å². The molecule has 16 heavy (non-hydrogen) atoms. The first-order valence-electron chi connectivity index (χ1n) is 4.82. The lowest BCUT2D eigenvalue weighted by atomic mass is 10.4. The van der Waals surface area contributed by atoms with Gasteiger partial charge in [-0.05, 0) is 0 Å². The molecule has 0 atom stereocenters. The lowest BCUT2D eigenvalue weighted by Gasteiger charge is -2.20. The van der Waals surface area contributed by atoms with Crippen molar-refractivity contribution >= 4 is 5.82 Å². The van der Waals surface area contributed by atoms with Crippen molar-refractivity contribution < 1.29 is 4.74 Å². The van der Waals surface area contributed by atoms with Crippen LogP contribution in [0.3, 0.4) is 0 Å². The zero-order valence-electron chi connectivity index (χ0n) is 9.02. The van der Waals surface area contributed by atoms with Gasteiger partial charge in [0.15, 0.2) is 0 Å². The maximum atomic E-state index is 11.5. The number of hydrogen-bond donors (Lipinski definition) is 3. The summed E-state index contributed by atoms with van der Waals surface area (Å²) in [7, 11) is 1.56. The van der Waals surface area contributed by atoms with Crippen LogP contribution < -0.4 is 21.9 Å². The van der Waals surface area contributed by atoms with Crippen molar-refractivity contribution in [3.63, 3.8) is 0 Å². The summed E-state index contributed by atoms with van der Waals surface area (Å²) in [5.74, 6) is 0.141. The molecule has 1 heterocycles. The molecule has 4 N–H and O–H groups in total. The van der Waals surface area contributed by atoms with E-state index in [1.807, 2.05) is 0 Å². The minimum absolute atomic E-state index is 0.141. The Morgan fingerprint density at radius 1 is 1.44 bits per heavy atom. The Morgan fingerprint density at radius 2 is 2.19 bits per heavy atom. The first-order valence-corrected chi connectivity index (χ1v) is 4.82. The van der Waals surface area contributed by atoms with Crippen molar-refractivity contribution in [1.29, 1.82) is 0 Å². The average Bonchev–Trinajstić information content (AvgIpc) is 2.25. The Labute approximate surface area is 91.4 Å². The van der Waals surface area contributed by atoms with Crippen LogP contribution >= 0.6 is 0 Å². The van der Waals surface area contributed by atoms with Crippen molar-refractivity contribution in [2.75, 3.05) is 38.3 Å². The second kappa shape index (κ2) is 6.03. The van der Waals surface area contributed by atoms with E-state index in [9.17, 15) is 9.59 Å². The standard InChI is InChI=1S/C8H15N5O3/c1-16-5-4-13(3-2-9)6-7(14)10-8(15)12-11-6/h2-5,9H2,1H3,(H2,10,12,14,15). The molecule has 8 heteroatoms. The van der Waals surface area contributed by atoms with Gasteiger partial charge in [-0.15, -0.1) is 5.10 Å². The van der Waals surface area contributed by atoms with E-state index >= 15 is 0 Å². The quantitative estimate of drug-likeness (QED) is 0.513. The molecule has 0 saturated heterocycles. The number of methoxy groups -OCH3 is 1. The van der Waals surface area contributed by atoms with Gasteiger partial charge in [-0.2, -0.15) is 0 Å². The maximum absolute atomic E-state index is 11.5. The largest absolute Gasteiger partial charge is 0.383 e. The number of ether oxygens (including phenoxy) is 1. The molecule has 90 valence electrons. The van der Waals surface area contributed by atoms with E-state index in [0.717, 1.165) is 0 Å². The predicted molar refractivity (Wildman–Crippen MR) is 58.6 cm³/mol. The van der Waals surface area contributed by atoms with Gasteiger partial charge >= 0.3 is 5.69 Å². The Bertz CT molecular complexity index is 426. The molecular formula is C8H15N5O3. The molecule has 0 radical (unpaired) electrons. The van der Waals surface area contributed by atoms with E-state index in [1.165, 1.54) is 0 Å². The van der Waals surface area contributed by atoms with Gasteiger partial charge in [0, 0.05) is 26.7 Å². The highest BCUT2D eigenvalue weighted by molar-refractivity contribution is 5.33. The maximum Gasteiger partial charge on any atom is 0.342 e. The summed E-state index contributed by atoms with van der Waals surface area (Å²) < 4.78 is 4.91. The van der Waals surface area contributed by atoms with Crippen LogP contribution in [-0.2, 0) is 4.74 Å². The highest BCUT2D eigenvalue weighted by Crippen LogP contribution is 1.99. The number of anilines is 1. The van der Waals surface area contributed by atoms with Crippen molar-refractivity contribution in [1.82, 2.24) is 15.2 Å². The molecule has 1 rings (SSSR count). The summed E-state index contributed by atoms with van der Waals surface area (Å²) in [6, 6.07) is 0. The van der Waals surface area contributed by atoms with Crippen LogP contribution in [-0.4, -0.2) is 48.5 Å². The number of rotatable bonds is 6. The van der Waals surface area contributed by atoms with E-state index < -0.39 is 11.2 Å². The number of aromatic nitrogens is 3. The Hall–Kier alpha value is -1.67. The van der Waals surface area contributed by atoms with E-state index in [4.69, 9.17) is 10.5 Å². The van der Waals surface area contributed by atoms with Gasteiger partial charge in [0.05, 0.1) is 6.61 Å². The van der Waals surface area contributed by atoms with Crippen LogP contribution in [0, 0.1) is 0 Å². The SMILES string of the molecule is COCCN(CCN)c1n[nH]c(=O)[nH]c1=O. The second-order valence-corrected chi connectivity index (χ2v) is 3.10. The smallest absolute Gasteiger partial charge is 0.342 e. The third-order valence-corrected chi connectivity index (χ3v) is 1.96. The van der Waals surface area contributed by atoms with Gasteiger partial charge in [0.2, 0.25) is 5.82 Å². The number of hydrogen-bond acceptors (Lipinski definition) is 6. The van der Waals surface area contributed by atoms with E-state index in [-0.39, 0.29) is 5.82 Å². The third-order valence-electron chi connectivity index (χ3n) is 1.96. The van der Waals surface area contributed by atoms with Crippen molar-refractivity contribution in [3.8, 4) is 0 Å².